The molecule has 5 nitrogen and oxygen atoms in total. The van der Waals surface area contributed by atoms with Gasteiger partial charge in [0.25, 0.3) is 0 Å². The highest BCUT2D eigenvalue weighted by atomic mass is 35.5. The molecule has 5 aliphatic rings. The van der Waals surface area contributed by atoms with Crippen LogP contribution in [0.25, 0.3) is 0 Å². The molecule has 164 valence electrons. The van der Waals surface area contributed by atoms with Crippen molar-refractivity contribution in [3.8, 4) is 0 Å². The van der Waals surface area contributed by atoms with E-state index in [-0.39, 0.29) is 35.3 Å². The summed E-state index contributed by atoms with van der Waals surface area (Å²) in [6.45, 7) is 6.72. The number of fused-ring (bicyclic) bond motifs is 5. The quantitative estimate of drug-likeness (QED) is 0.494. The average Bonchev–Trinajstić information content (AvgIpc) is 3.30. The lowest BCUT2D eigenvalue weighted by Gasteiger charge is -2.61. The van der Waals surface area contributed by atoms with Crippen LogP contribution in [0.3, 0.4) is 0 Å². The lowest BCUT2D eigenvalue weighted by Crippen LogP contribution is -2.63. The van der Waals surface area contributed by atoms with Crippen molar-refractivity contribution in [3.05, 3.63) is 0 Å². The van der Waals surface area contributed by atoms with Gasteiger partial charge in [0.05, 0.1) is 11.8 Å². The van der Waals surface area contributed by atoms with E-state index in [0.717, 1.165) is 57.3 Å². The number of aliphatic hydroxyl groups is 1. The number of aliphatic hydroxyl groups excluding tert-OH is 1. The Labute approximate surface area is 180 Å². The fraction of sp³-hybridized carbons (Fsp3) is 0.913. The van der Waals surface area contributed by atoms with Crippen LogP contribution in [0.5, 0.6) is 0 Å². The molecule has 1 saturated heterocycles. The van der Waals surface area contributed by atoms with Gasteiger partial charge in [0.2, 0.25) is 0 Å². The van der Waals surface area contributed by atoms with Crippen molar-refractivity contribution in [1.82, 2.24) is 4.90 Å². The molecule has 0 spiro atoms. The van der Waals surface area contributed by atoms with Crippen molar-refractivity contribution in [2.75, 3.05) is 13.1 Å². The number of halogens is 1. The molecule has 0 aromatic heterocycles. The molecule has 5 fully saturated rings. The Kier molecular flexibility index (Phi) is 5.57. The van der Waals surface area contributed by atoms with E-state index >= 15 is 0 Å². The third-order valence-corrected chi connectivity index (χ3v) is 10.0. The van der Waals surface area contributed by atoms with Crippen LogP contribution >= 0.6 is 12.4 Å². The van der Waals surface area contributed by atoms with Crippen LogP contribution in [0, 0.1) is 34.5 Å². The molecular weight excluding hydrogens is 388 g/mol. The SMILES string of the molecule is C[C@]12C(=NO)CC(N3CCCC3)CC1C(O)C[C@@H]1[C@H]2CC[C@]2(C)C(=O)CC[C@@H]12.Cl. The molecule has 1 aliphatic heterocycles. The molecule has 4 aliphatic carbocycles. The Morgan fingerprint density at radius 3 is 2.48 bits per heavy atom. The molecule has 4 saturated carbocycles. The lowest BCUT2D eigenvalue weighted by atomic mass is 9.44. The maximum Gasteiger partial charge on any atom is 0.139 e. The molecule has 8 atom stereocenters. The number of ketones is 1. The summed E-state index contributed by atoms with van der Waals surface area (Å²) in [6.07, 6.45) is 8.50. The van der Waals surface area contributed by atoms with Crippen LogP contribution in [0.15, 0.2) is 5.16 Å². The molecule has 2 N–H and O–H groups in total. The number of Topliss-reactive ketones (excluding diaryl/α,β-unsaturated/α-hetero) is 1. The predicted octanol–water partition coefficient (Wildman–Crippen LogP) is 3.90. The van der Waals surface area contributed by atoms with Gasteiger partial charge in [-0.15, -0.1) is 12.4 Å². The van der Waals surface area contributed by atoms with Gasteiger partial charge in [0.1, 0.15) is 5.78 Å². The van der Waals surface area contributed by atoms with Gasteiger partial charge in [-0.3, -0.25) is 9.69 Å². The van der Waals surface area contributed by atoms with Crippen molar-refractivity contribution < 1.29 is 15.1 Å². The van der Waals surface area contributed by atoms with E-state index < -0.39 is 0 Å². The highest BCUT2D eigenvalue weighted by molar-refractivity contribution is 5.92. The average molecular weight is 425 g/mol. The molecule has 29 heavy (non-hydrogen) atoms. The van der Waals surface area contributed by atoms with E-state index in [0.29, 0.717) is 36.0 Å². The molecular formula is C23H37ClN2O3. The fourth-order valence-electron chi connectivity index (χ4n) is 8.43. The van der Waals surface area contributed by atoms with Gasteiger partial charge >= 0.3 is 0 Å². The van der Waals surface area contributed by atoms with E-state index in [9.17, 15) is 15.1 Å². The molecule has 0 radical (unpaired) electrons. The van der Waals surface area contributed by atoms with E-state index in [1.165, 1.54) is 12.8 Å². The molecule has 5 rings (SSSR count). The summed E-state index contributed by atoms with van der Waals surface area (Å²) in [5.41, 5.74) is 0.496. The number of hydrogen-bond acceptors (Lipinski definition) is 5. The lowest BCUT2D eigenvalue weighted by molar-refractivity contribution is -0.143. The van der Waals surface area contributed by atoms with Gasteiger partial charge in [-0.2, -0.15) is 0 Å². The zero-order chi connectivity index (χ0) is 19.7. The Balaban J connectivity index is 0.00000205. The van der Waals surface area contributed by atoms with Crippen molar-refractivity contribution in [3.63, 3.8) is 0 Å². The summed E-state index contributed by atoms with van der Waals surface area (Å²) < 4.78 is 0. The minimum absolute atomic E-state index is 0. The van der Waals surface area contributed by atoms with Crippen LogP contribution in [0.1, 0.15) is 71.6 Å². The minimum Gasteiger partial charge on any atom is -0.411 e. The molecule has 6 heteroatoms. The monoisotopic (exact) mass is 424 g/mol. The second-order valence-corrected chi connectivity index (χ2v) is 10.9. The Morgan fingerprint density at radius 2 is 1.79 bits per heavy atom. The second-order valence-electron chi connectivity index (χ2n) is 10.9. The summed E-state index contributed by atoms with van der Waals surface area (Å²) in [4.78, 5) is 15.2. The number of nitrogens with zero attached hydrogens (tertiary/aromatic N) is 2. The van der Waals surface area contributed by atoms with Crippen LogP contribution < -0.4 is 0 Å². The van der Waals surface area contributed by atoms with Crippen LogP contribution in [0.4, 0.5) is 0 Å². The fourth-order valence-corrected chi connectivity index (χ4v) is 8.43. The first-order chi connectivity index (χ1) is 13.4. The first-order valence-corrected chi connectivity index (χ1v) is 11.6. The number of carbonyl (C=O) groups is 1. The zero-order valence-corrected chi connectivity index (χ0v) is 18.7. The van der Waals surface area contributed by atoms with E-state index in [2.05, 4.69) is 23.9 Å². The standard InChI is InChI=1S/C23H36N2O3.ClH/c1-22-8-7-17-15(16(22)5-6-21(22)27)13-19(26)18-11-14(25-9-3-4-10-25)12-20(24-28)23(17,18)2;/h14-19,26,28H,3-13H2,1-2H3;1H/t14?,15-,16-,17+,18?,19?,22-,23+;/m0./s1. The van der Waals surface area contributed by atoms with Crippen LogP contribution in [0.2, 0.25) is 0 Å². The Morgan fingerprint density at radius 1 is 1.07 bits per heavy atom. The number of oxime groups is 1. The number of carbonyl (C=O) groups excluding carboxylic acids is 1. The maximum absolute atomic E-state index is 12.6. The molecule has 0 bridgehead atoms. The largest absolute Gasteiger partial charge is 0.411 e. The Hall–Kier alpha value is -0.650. The van der Waals surface area contributed by atoms with Crippen molar-refractivity contribution in [1.29, 1.82) is 0 Å². The molecule has 0 amide bonds. The highest BCUT2D eigenvalue weighted by Gasteiger charge is 2.64. The zero-order valence-electron chi connectivity index (χ0n) is 17.8. The topological polar surface area (TPSA) is 73.1 Å². The number of hydrogen-bond donors (Lipinski definition) is 2. The van der Waals surface area contributed by atoms with Gasteiger partial charge in [0, 0.05) is 29.7 Å². The maximum atomic E-state index is 12.6. The summed E-state index contributed by atoms with van der Waals surface area (Å²) in [5.74, 6) is 1.80. The highest BCUT2D eigenvalue weighted by Crippen LogP contribution is 2.65. The van der Waals surface area contributed by atoms with Gasteiger partial charge in [-0.05, 0) is 81.7 Å². The van der Waals surface area contributed by atoms with Gasteiger partial charge in [0.15, 0.2) is 0 Å². The predicted molar refractivity (Wildman–Crippen MR) is 115 cm³/mol. The molecule has 0 aromatic carbocycles. The Bertz CT molecular complexity index is 694. The van der Waals surface area contributed by atoms with Crippen molar-refractivity contribution >= 4 is 23.9 Å². The summed E-state index contributed by atoms with van der Waals surface area (Å²) in [7, 11) is 0. The van der Waals surface area contributed by atoms with E-state index in [4.69, 9.17) is 0 Å². The van der Waals surface area contributed by atoms with Gasteiger partial charge < -0.3 is 10.3 Å². The number of likely N-dealkylation sites (tertiary alicyclic amines) is 1. The third kappa shape index (κ3) is 2.94. The minimum atomic E-state index is -0.355. The van der Waals surface area contributed by atoms with Crippen molar-refractivity contribution in [2.45, 2.75) is 83.8 Å². The summed E-state index contributed by atoms with van der Waals surface area (Å²) >= 11 is 0. The van der Waals surface area contributed by atoms with E-state index in [1.807, 2.05) is 0 Å². The summed E-state index contributed by atoms with van der Waals surface area (Å²) in [6, 6.07) is 0.402. The van der Waals surface area contributed by atoms with Crippen LogP contribution in [-0.4, -0.2) is 51.9 Å². The molecule has 3 unspecified atom stereocenters. The van der Waals surface area contributed by atoms with E-state index in [1.54, 1.807) is 0 Å². The molecule has 0 aromatic rings. The normalized spacial score (nSPS) is 51.3. The first-order valence-electron chi connectivity index (χ1n) is 11.6. The number of rotatable bonds is 1. The third-order valence-electron chi connectivity index (χ3n) is 10.0. The second kappa shape index (κ2) is 7.49. The van der Waals surface area contributed by atoms with Crippen molar-refractivity contribution in [2.24, 2.45) is 39.7 Å². The first kappa shape index (κ1) is 21.6. The molecule has 1 heterocycles. The summed E-state index contributed by atoms with van der Waals surface area (Å²) in [5, 5.41) is 25.2. The smallest absolute Gasteiger partial charge is 0.139 e. The van der Waals surface area contributed by atoms with Crippen LogP contribution in [-0.2, 0) is 4.79 Å². The van der Waals surface area contributed by atoms with Gasteiger partial charge in [-0.1, -0.05) is 19.0 Å². The van der Waals surface area contributed by atoms with Gasteiger partial charge in [-0.25, -0.2) is 0 Å².